The SMILES string of the molecule is CCOC(=O)C1(C(=O)OCC)CC(=O)N(Cc2ccccc2)CC1N1CCOCC1. The van der Waals surface area contributed by atoms with Crippen LogP contribution >= 0.6 is 0 Å². The third-order valence-corrected chi connectivity index (χ3v) is 5.73. The second kappa shape index (κ2) is 10.0. The molecule has 8 heteroatoms. The van der Waals surface area contributed by atoms with Crippen LogP contribution in [0.4, 0.5) is 0 Å². The highest BCUT2D eigenvalue weighted by molar-refractivity contribution is 6.05. The first-order valence-corrected chi connectivity index (χ1v) is 10.5. The number of hydrogen-bond acceptors (Lipinski definition) is 7. The summed E-state index contributed by atoms with van der Waals surface area (Å²) in [6.07, 6.45) is -0.264. The number of hydrogen-bond donors (Lipinski definition) is 0. The van der Waals surface area contributed by atoms with Gasteiger partial charge in [0.25, 0.3) is 0 Å². The number of carbonyl (C=O) groups excluding carboxylic acids is 3. The van der Waals surface area contributed by atoms with E-state index in [4.69, 9.17) is 14.2 Å². The van der Waals surface area contributed by atoms with Crippen molar-refractivity contribution in [3.63, 3.8) is 0 Å². The molecule has 30 heavy (non-hydrogen) atoms. The van der Waals surface area contributed by atoms with Crippen LogP contribution in [0, 0.1) is 5.41 Å². The van der Waals surface area contributed by atoms with Gasteiger partial charge < -0.3 is 19.1 Å². The molecule has 0 aromatic heterocycles. The van der Waals surface area contributed by atoms with E-state index in [1.807, 2.05) is 30.3 Å². The first kappa shape index (κ1) is 22.2. The zero-order chi connectivity index (χ0) is 21.6. The molecule has 2 heterocycles. The average molecular weight is 418 g/mol. The summed E-state index contributed by atoms with van der Waals surface area (Å²) in [6, 6.07) is 9.13. The zero-order valence-corrected chi connectivity index (χ0v) is 17.7. The first-order chi connectivity index (χ1) is 14.5. The van der Waals surface area contributed by atoms with Gasteiger partial charge in [-0.1, -0.05) is 30.3 Å². The monoisotopic (exact) mass is 418 g/mol. The summed E-state index contributed by atoms with van der Waals surface area (Å²) in [4.78, 5) is 43.2. The zero-order valence-electron chi connectivity index (χ0n) is 17.7. The summed E-state index contributed by atoms with van der Waals surface area (Å²) in [6.45, 7) is 6.43. The maximum Gasteiger partial charge on any atom is 0.325 e. The molecule has 0 saturated carbocycles. The van der Waals surface area contributed by atoms with Crippen LogP contribution in [0.15, 0.2) is 30.3 Å². The van der Waals surface area contributed by atoms with Gasteiger partial charge in [0.15, 0.2) is 5.41 Å². The van der Waals surface area contributed by atoms with E-state index in [0.717, 1.165) is 5.56 Å². The Labute approximate surface area is 177 Å². The van der Waals surface area contributed by atoms with Crippen molar-refractivity contribution in [2.24, 2.45) is 5.41 Å². The van der Waals surface area contributed by atoms with Crippen molar-refractivity contribution in [2.45, 2.75) is 32.9 Å². The standard InChI is InChI=1S/C22H30N2O6/c1-3-29-20(26)22(21(27)30-4-2)14-19(25)24(15-17-8-6-5-7-9-17)16-18(22)23-10-12-28-13-11-23/h5-9,18H,3-4,10-16H2,1-2H3. The molecule has 2 fully saturated rings. The minimum atomic E-state index is -1.67. The number of likely N-dealkylation sites (tertiary alicyclic amines) is 1. The second-order valence-electron chi connectivity index (χ2n) is 7.51. The third-order valence-electron chi connectivity index (χ3n) is 5.73. The van der Waals surface area contributed by atoms with Crippen molar-refractivity contribution < 1.29 is 28.6 Å². The van der Waals surface area contributed by atoms with Crippen LogP contribution in [0.3, 0.4) is 0 Å². The lowest BCUT2D eigenvalue weighted by atomic mass is 9.72. The van der Waals surface area contributed by atoms with Gasteiger partial charge in [-0.05, 0) is 19.4 Å². The van der Waals surface area contributed by atoms with E-state index in [9.17, 15) is 14.4 Å². The Balaban J connectivity index is 1.97. The van der Waals surface area contributed by atoms with Crippen molar-refractivity contribution in [3.8, 4) is 0 Å². The first-order valence-electron chi connectivity index (χ1n) is 10.5. The van der Waals surface area contributed by atoms with Gasteiger partial charge in [0.1, 0.15) is 0 Å². The number of morpholine rings is 1. The van der Waals surface area contributed by atoms with E-state index in [0.29, 0.717) is 32.8 Å². The molecular weight excluding hydrogens is 388 g/mol. The number of esters is 2. The molecule has 0 spiro atoms. The predicted molar refractivity (Wildman–Crippen MR) is 108 cm³/mol. The van der Waals surface area contributed by atoms with Crippen LogP contribution in [-0.4, -0.2) is 79.7 Å². The van der Waals surface area contributed by atoms with Crippen LogP contribution in [0.1, 0.15) is 25.8 Å². The van der Waals surface area contributed by atoms with Crippen molar-refractivity contribution in [2.75, 3.05) is 46.1 Å². The molecule has 0 bridgehead atoms. The summed E-state index contributed by atoms with van der Waals surface area (Å²) in [5.41, 5.74) is -0.681. The lowest BCUT2D eigenvalue weighted by Crippen LogP contribution is -2.67. The fourth-order valence-corrected chi connectivity index (χ4v) is 4.23. The minimum absolute atomic E-state index is 0.123. The second-order valence-corrected chi connectivity index (χ2v) is 7.51. The van der Waals surface area contributed by atoms with Gasteiger partial charge in [0, 0.05) is 26.2 Å². The van der Waals surface area contributed by atoms with Crippen LogP contribution in [0.2, 0.25) is 0 Å². The Morgan fingerprint density at radius 3 is 2.23 bits per heavy atom. The van der Waals surface area contributed by atoms with Crippen LogP contribution in [0.25, 0.3) is 0 Å². The third kappa shape index (κ3) is 4.49. The molecule has 1 aromatic rings. The summed E-state index contributed by atoms with van der Waals surface area (Å²) < 4.78 is 16.1. The van der Waals surface area contributed by atoms with Gasteiger partial charge in [-0.3, -0.25) is 19.3 Å². The van der Waals surface area contributed by atoms with E-state index in [1.165, 1.54) is 0 Å². The topological polar surface area (TPSA) is 85.4 Å². The number of ether oxygens (including phenoxy) is 3. The Morgan fingerprint density at radius 1 is 1.07 bits per heavy atom. The van der Waals surface area contributed by atoms with Crippen LogP contribution in [-0.2, 0) is 35.1 Å². The van der Waals surface area contributed by atoms with E-state index >= 15 is 0 Å². The van der Waals surface area contributed by atoms with E-state index in [2.05, 4.69) is 4.90 Å². The van der Waals surface area contributed by atoms with E-state index in [-0.39, 0.29) is 32.1 Å². The van der Waals surface area contributed by atoms with Gasteiger partial charge in [-0.25, -0.2) is 0 Å². The largest absolute Gasteiger partial charge is 0.465 e. The molecule has 1 atom stereocenters. The molecular formula is C22H30N2O6. The van der Waals surface area contributed by atoms with Crippen molar-refractivity contribution in [1.29, 1.82) is 0 Å². The Hall–Kier alpha value is -2.45. The molecule has 0 aliphatic carbocycles. The molecule has 1 unspecified atom stereocenters. The Bertz CT molecular complexity index is 729. The predicted octanol–water partition coefficient (Wildman–Crippen LogP) is 1.23. The van der Waals surface area contributed by atoms with Gasteiger partial charge in [-0.15, -0.1) is 0 Å². The Kier molecular flexibility index (Phi) is 7.44. The number of rotatable bonds is 7. The molecule has 0 radical (unpaired) electrons. The number of nitrogens with zero attached hydrogens (tertiary/aromatic N) is 2. The van der Waals surface area contributed by atoms with E-state index < -0.39 is 23.4 Å². The molecule has 3 rings (SSSR count). The number of amides is 1. The van der Waals surface area contributed by atoms with Gasteiger partial charge in [-0.2, -0.15) is 0 Å². The quantitative estimate of drug-likeness (QED) is 0.486. The summed E-state index contributed by atoms with van der Waals surface area (Å²) in [5, 5.41) is 0. The molecule has 8 nitrogen and oxygen atoms in total. The summed E-state index contributed by atoms with van der Waals surface area (Å²) >= 11 is 0. The highest BCUT2D eigenvalue weighted by Gasteiger charge is 2.61. The van der Waals surface area contributed by atoms with Crippen LogP contribution < -0.4 is 0 Å². The molecule has 1 aromatic carbocycles. The lowest BCUT2D eigenvalue weighted by Gasteiger charge is -2.49. The molecule has 164 valence electrons. The number of benzene rings is 1. The highest BCUT2D eigenvalue weighted by Crippen LogP contribution is 2.39. The molecule has 2 aliphatic rings. The van der Waals surface area contributed by atoms with Crippen LogP contribution in [0.5, 0.6) is 0 Å². The summed E-state index contributed by atoms with van der Waals surface area (Å²) in [7, 11) is 0. The van der Waals surface area contributed by atoms with Gasteiger partial charge in [0.2, 0.25) is 5.91 Å². The maximum absolute atomic E-state index is 13.1. The van der Waals surface area contributed by atoms with Crippen molar-refractivity contribution >= 4 is 17.8 Å². The fraction of sp³-hybridized carbons (Fsp3) is 0.591. The van der Waals surface area contributed by atoms with Gasteiger partial charge >= 0.3 is 11.9 Å². The van der Waals surface area contributed by atoms with E-state index in [1.54, 1.807) is 18.7 Å². The van der Waals surface area contributed by atoms with Crippen molar-refractivity contribution in [1.82, 2.24) is 9.80 Å². The summed E-state index contributed by atoms with van der Waals surface area (Å²) in [5.74, 6) is -1.63. The average Bonchev–Trinajstić information content (AvgIpc) is 2.76. The number of carbonyl (C=O) groups is 3. The molecule has 0 N–H and O–H groups in total. The maximum atomic E-state index is 13.1. The minimum Gasteiger partial charge on any atom is -0.465 e. The van der Waals surface area contributed by atoms with Gasteiger partial charge in [0.05, 0.1) is 38.9 Å². The van der Waals surface area contributed by atoms with Crippen molar-refractivity contribution in [3.05, 3.63) is 35.9 Å². The highest BCUT2D eigenvalue weighted by atomic mass is 16.6. The smallest absolute Gasteiger partial charge is 0.325 e. The molecule has 2 aliphatic heterocycles. The molecule has 2 saturated heterocycles. The number of piperidine rings is 1. The Morgan fingerprint density at radius 2 is 1.67 bits per heavy atom. The molecule has 1 amide bonds. The lowest BCUT2D eigenvalue weighted by molar-refractivity contribution is -0.188. The fourth-order valence-electron chi connectivity index (χ4n) is 4.23. The normalized spacial score (nSPS) is 21.9.